The molecule has 3 aromatic rings. The highest BCUT2D eigenvalue weighted by molar-refractivity contribution is 6.12. The minimum Gasteiger partial charge on any atom is -0.203 e. The minimum absolute atomic E-state index is 0.327. The fourth-order valence-corrected chi connectivity index (χ4v) is 4.69. The highest BCUT2D eigenvalue weighted by Crippen LogP contribution is 2.57. The highest BCUT2D eigenvalue weighted by Gasteiger charge is 2.44. The number of hydrogen-bond donors (Lipinski definition) is 0. The summed E-state index contributed by atoms with van der Waals surface area (Å²) in [6.07, 6.45) is -9.95. The van der Waals surface area contributed by atoms with Crippen molar-refractivity contribution in [2.45, 2.75) is 12.4 Å². The molecule has 3 aromatic carbocycles. The first-order valence-corrected chi connectivity index (χ1v) is 12.5. The van der Waals surface area contributed by atoms with Gasteiger partial charge in [-0.25, -0.2) is 17.6 Å². The van der Waals surface area contributed by atoms with E-state index in [-0.39, 0.29) is 0 Å². The fraction of sp³-hybridized carbons (Fsp3) is 0.0625. The van der Waals surface area contributed by atoms with Gasteiger partial charge in [-0.1, -0.05) is 12.1 Å². The Kier molecular flexibility index (Phi) is 8.60. The lowest BCUT2D eigenvalue weighted by atomic mass is 9.96. The molecule has 0 bridgehead atoms. The van der Waals surface area contributed by atoms with Gasteiger partial charge in [-0.3, -0.25) is 0 Å². The van der Waals surface area contributed by atoms with E-state index in [1.807, 2.05) is 0 Å². The quantitative estimate of drug-likeness (QED) is 0.157. The van der Waals surface area contributed by atoms with Gasteiger partial charge < -0.3 is 0 Å². The summed E-state index contributed by atoms with van der Waals surface area (Å²) in [6.45, 7) is 0. The first-order valence-electron chi connectivity index (χ1n) is 12.5. The average molecular weight is 664 g/mol. The van der Waals surface area contributed by atoms with Gasteiger partial charge in [0.25, 0.3) is 0 Å². The van der Waals surface area contributed by atoms with Crippen molar-refractivity contribution in [1.82, 2.24) is 0 Å². The number of alkyl halides is 6. The summed E-state index contributed by atoms with van der Waals surface area (Å²) >= 11 is 0. The van der Waals surface area contributed by atoms with E-state index in [0.717, 1.165) is 6.07 Å². The van der Waals surface area contributed by atoms with Crippen LogP contribution in [0, 0.1) is 91.3 Å². The van der Waals surface area contributed by atoms with Gasteiger partial charge in [0, 0.05) is 27.8 Å². The maximum absolute atomic E-state index is 15.2. The number of rotatable bonds is 3. The van der Waals surface area contributed by atoms with E-state index in [1.54, 1.807) is 0 Å². The molecule has 1 fully saturated rings. The number of allylic oxidation sites excluding steroid dienone is 6. The molecule has 0 unspecified atom stereocenters. The van der Waals surface area contributed by atoms with Crippen molar-refractivity contribution in [1.29, 1.82) is 31.6 Å². The molecule has 1 aliphatic rings. The van der Waals surface area contributed by atoms with E-state index in [1.165, 1.54) is 30.3 Å². The molecule has 1 saturated carbocycles. The van der Waals surface area contributed by atoms with Crippen molar-refractivity contribution in [3.05, 3.63) is 121 Å². The molecular weight excluding hydrogens is 658 g/mol. The Labute approximate surface area is 262 Å². The molecule has 16 heteroatoms. The molecule has 0 spiro atoms. The molecule has 0 heterocycles. The van der Waals surface area contributed by atoms with Crippen LogP contribution in [-0.4, -0.2) is 0 Å². The number of nitrogens with zero attached hydrogens (tertiary/aromatic N) is 6. The monoisotopic (exact) mass is 664 g/mol. The van der Waals surface area contributed by atoms with Crippen LogP contribution in [0.4, 0.5) is 43.9 Å². The van der Waals surface area contributed by atoms with Gasteiger partial charge in [-0.05, 0) is 24.3 Å². The second kappa shape index (κ2) is 12.1. The first kappa shape index (κ1) is 34.0. The summed E-state index contributed by atoms with van der Waals surface area (Å²) in [6, 6.07) is 10.9. The molecule has 0 radical (unpaired) electrons. The third kappa shape index (κ3) is 5.56. The van der Waals surface area contributed by atoms with Crippen LogP contribution in [0.15, 0.2) is 53.1 Å². The molecule has 4 rings (SSSR count). The van der Waals surface area contributed by atoms with Crippen LogP contribution in [0.1, 0.15) is 44.5 Å². The number of nitriles is 6. The minimum atomic E-state index is -4.98. The molecule has 0 aromatic heterocycles. The van der Waals surface area contributed by atoms with Gasteiger partial charge >= 0.3 is 12.4 Å². The topological polar surface area (TPSA) is 143 Å². The standard InChI is InChI=1S/C32H6F10N6/c33-27-22(12-48)28(34)30(36)26(29(27)35)21(11-47)25-23(19(9-45)17-3-1-15(31(37,38)39)5-13(17)7-43)24(25)20(10-46)18-4-2-16(32(40,41)42)6-14(18)8-44/h1-6H. The van der Waals surface area contributed by atoms with E-state index in [0.29, 0.717) is 36.4 Å². The molecule has 0 aliphatic heterocycles. The predicted molar refractivity (Wildman–Crippen MR) is 141 cm³/mol. The van der Waals surface area contributed by atoms with Gasteiger partial charge in [0.05, 0.1) is 56.7 Å². The van der Waals surface area contributed by atoms with Crippen molar-refractivity contribution in [3.63, 3.8) is 0 Å². The Morgan fingerprint density at radius 1 is 0.479 bits per heavy atom. The largest absolute Gasteiger partial charge is 0.416 e. The van der Waals surface area contributed by atoms with Crippen LogP contribution in [0.3, 0.4) is 0 Å². The molecular formula is C32H6F10N6. The summed E-state index contributed by atoms with van der Waals surface area (Å²) in [4.78, 5) is 0. The van der Waals surface area contributed by atoms with Crippen molar-refractivity contribution in [2.75, 3.05) is 0 Å². The lowest BCUT2D eigenvalue weighted by Gasteiger charge is -2.09. The van der Waals surface area contributed by atoms with Gasteiger partial charge in [0.1, 0.15) is 29.8 Å². The zero-order chi connectivity index (χ0) is 35.9. The van der Waals surface area contributed by atoms with Gasteiger partial charge in [-0.2, -0.15) is 57.9 Å². The third-order valence-electron chi connectivity index (χ3n) is 6.87. The second-order valence-corrected chi connectivity index (χ2v) is 9.44. The summed E-state index contributed by atoms with van der Waals surface area (Å²) in [5.41, 5.74) is -14.1. The van der Waals surface area contributed by atoms with Crippen LogP contribution in [0.25, 0.3) is 16.7 Å². The Morgan fingerprint density at radius 2 is 0.833 bits per heavy atom. The zero-order valence-electron chi connectivity index (χ0n) is 22.9. The lowest BCUT2D eigenvalue weighted by molar-refractivity contribution is -0.138. The van der Waals surface area contributed by atoms with Gasteiger partial charge in [-0.15, -0.1) is 0 Å². The molecule has 1 aliphatic carbocycles. The normalized spacial score (nSPS) is 14.4. The fourth-order valence-electron chi connectivity index (χ4n) is 4.69. The van der Waals surface area contributed by atoms with Crippen LogP contribution in [-0.2, 0) is 12.4 Å². The smallest absolute Gasteiger partial charge is 0.203 e. The first-order chi connectivity index (χ1) is 22.5. The average Bonchev–Trinajstić information content (AvgIpc) is 3.75. The van der Waals surface area contributed by atoms with E-state index in [2.05, 4.69) is 0 Å². The van der Waals surface area contributed by atoms with E-state index < -0.39 is 114 Å². The number of halogens is 10. The van der Waals surface area contributed by atoms with Crippen LogP contribution >= 0.6 is 0 Å². The second-order valence-electron chi connectivity index (χ2n) is 9.44. The Morgan fingerprint density at radius 3 is 1.12 bits per heavy atom. The number of benzene rings is 3. The van der Waals surface area contributed by atoms with Gasteiger partial charge in [0.15, 0.2) is 23.3 Å². The Bertz CT molecular complexity index is 2180. The van der Waals surface area contributed by atoms with E-state index in [9.17, 15) is 61.4 Å². The van der Waals surface area contributed by atoms with Crippen LogP contribution in [0.2, 0.25) is 0 Å². The summed E-state index contributed by atoms with van der Waals surface area (Å²) in [5.74, 6) is -9.06. The van der Waals surface area contributed by atoms with Crippen LogP contribution < -0.4 is 0 Å². The molecule has 0 atom stereocenters. The maximum atomic E-state index is 15.2. The Balaban J connectivity index is 2.25. The van der Waals surface area contributed by atoms with Crippen LogP contribution in [0.5, 0.6) is 0 Å². The Hall–Kier alpha value is -6.88. The molecule has 0 N–H and O–H groups in total. The molecule has 0 amide bonds. The molecule has 48 heavy (non-hydrogen) atoms. The van der Waals surface area contributed by atoms with Crippen molar-refractivity contribution < 1.29 is 43.9 Å². The van der Waals surface area contributed by atoms with Crippen molar-refractivity contribution >= 4 is 16.7 Å². The highest BCUT2D eigenvalue weighted by atomic mass is 19.4. The number of hydrogen-bond acceptors (Lipinski definition) is 6. The molecule has 6 nitrogen and oxygen atoms in total. The predicted octanol–water partition coefficient (Wildman–Crippen LogP) is 8.14. The zero-order valence-corrected chi connectivity index (χ0v) is 22.9. The molecule has 234 valence electrons. The third-order valence-corrected chi connectivity index (χ3v) is 6.87. The molecule has 0 saturated heterocycles. The van der Waals surface area contributed by atoms with E-state index in [4.69, 9.17) is 5.26 Å². The van der Waals surface area contributed by atoms with E-state index >= 15 is 8.78 Å². The SMILES string of the molecule is N#CC(=C1C(=C(C#N)c2ccc(C(F)(F)F)cc2C#N)C1=C(C#N)c1c(F)c(F)c(C#N)c(F)c1F)c1ccc(C(F)(F)F)cc1C#N. The van der Waals surface area contributed by atoms with Crippen molar-refractivity contribution in [2.24, 2.45) is 0 Å². The summed E-state index contributed by atoms with van der Waals surface area (Å²) in [7, 11) is 0. The maximum Gasteiger partial charge on any atom is 0.416 e. The summed E-state index contributed by atoms with van der Waals surface area (Å²) in [5, 5.41) is 58.2. The van der Waals surface area contributed by atoms with Gasteiger partial charge in [0.2, 0.25) is 0 Å². The van der Waals surface area contributed by atoms with Crippen molar-refractivity contribution in [3.8, 4) is 36.4 Å². The lowest BCUT2D eigenvalue weighted by Crippen LogP contribution is -2.06. The summed E-state index contributed by atoms with van der Waals surface area (Å²) < 4.78 is 140.